The molecule has 2 saturated carbocycles. The highest BCUT2D eigenvalue weighted by Crippen LogP contribution is 2.36. The first-order valence-corrected chi connectivity index (χ1v) is 20.0. The van der Waals surface area contributed by atoms with Gasteiger partial charge in [-0.2, -0.15) is 0 Å². The van der Waals surface area contributed by atoms with Gasteiger partial charge in [0.1, 0.15) is 41.6 Å². The molecule has 59 heavy (non-hydrogen) atoms. The van der Waals surface area contributed by atoms with E-state index in [0.29, 0.717) is 24.1 Å². The van der Waals surface area contributed by atoms with Gasteiger partial charge in [0, 0.05) is 36.0 Å². The van der Waals surface area contributed by atoms with Gasteiger partial charge in [-0.25, -0.2) is 17.6 Å². The van der Waals surface area contributed by atoms with Gasteiger partial charge in [0.15, 0.2) is 5.17 Å². The van der Waals surface area contributed by atoms with Crippen LogP contribution in [0.15, 0.2) is 120 Å². The maximum atomic E-state index is 13.9. The van der Waals surface area contributed by atoms with Crippen LogP contribution in [-0.4, -0.2) is 46.3 Å². The van der Waals surface area contributed by atoms with Gasteiger partial charge in [0.2, 0.25) is 0 Å². The number of ether oxygens (including phenoxy) is 2. The number of esters is 2. The summed E-state index contributed by atoms with van der Waals surface area (Å²) in [6, 6.07) is 26.6. The molecule has 8 nitrogen and oxygen atoms in total. The molecule has 5 atom stereocenters. The number of nitrogens with zero attached hydrogens (tertiary/aromatic N) is 2. The minimum absolute atomic E-state index is 0.0357. The van der Waals surface area contributed by atoms with Crippen LogP contribution in [0.5, 0.6) is 0 Å². The Morgan fingerprint density at radius 3 is 1.81 bits per heavy atom. The smallest absolute Gasteiger partial charge is 0.309 e. The zero-order valence-corrected chi connectivity index (χ0v) is 33.2. The molecule has 2 fully saturated rings. The zero-order valence-electron chi connectivity index (χ0n) is 32.5. The van der Waals surface area contributed by atoms with Gasteiger partial charge in [-0.3, -0.25) is 9.59 Å². The van der Waals surface area contributed by atoms with Crippen molar-refractivity contribution in [1.82, 2.24) is 0 Å². The van der Waals surface area contributed by atoms with Crippen LogP contribution < -0.4 is 0 Å². The van der Waals surface area contributed by atoms with E-state index in [2.05, 4.69) is 41.2 Å². The normalized spacial score (nSPS) is 21.3. The quantitative estimate of drug-likeness (QED) is 0.0426. The third-order valence-electron chi connectivity index (χ3n) is 10.3. The zero-order chi connectivity index (χ0) is 42.1. The third-order valence-corrected chi connectivity index (χ3v) is 10.6. The van der Waals surface area contributed by atoms with Crippen molar-refractivity contribution >= 4 is 34.4 Å². The van der Waals surface area contributed by atoms with Gasteiger partial charge in [-0.15, -0.1) is 6.58 Å². The van der Waals surface area contributed by atoms with Gasteiger partial charge in [0.25, 0.3) is 0 Å². The van der Waals surface area contributed by atoms with E-state index in [1.165, 1.54) is 29.7 Å². The highest BCUT2D eigenvalue weighted by atomic mass is 35.5. The highest BCUT2D eigenvalue weighted by molar-refractivity contribution is 6.69. The van der Waals surface area contributed by atoms with Gasteiger partial charge in [-0.05, 0) is 73.9 Å². The first kappa shape index (κ1) is 44.6. The fraction of sp³-hybridized carbons (Fsp3) is 0.348. The molecule has 13 heteroatoms. The number of carbonyl (C=O) groups is 2. The molecule has 1 aliphatic heterocycles. The molecule has 0 bridgehead atoms. The van der Waals surface area contributed by atoms with Crippen LogP contribution in [0.3, 0.4) is 0 Å². The molecule has 0 radical (unpaired) electrons. The van der Waals surface area contributed by atoms with Crippen molar-refractivity contribution in [3.63, 3.8) is 0 Å². The van der Waals surface area contributed by atoms with Crippen molar-refractivity contribution in [2.45, 2.75) is 101 Å². The summed E-state index contributed by atoms with van der Waals surface area (Å²) in [6.45, 7) is 3.57. The first-order chi connectivity index (χ1) is 28.6. The lowest BCUT2D eigenvalue weighted by Gasteiger charge is -2.31. The Labute approximate surface area is 346 Å². The Bertz CT molecular complexity index is 2070. The number of hydrogen-bond donors (Lipinski definition) is 1. The maximum Gasteiger partial charge on any atom is 0.309 e. The van der Waals surface area contributed by atoms with Gasteiger partial charge in [-0.1, -0.05) is 101 Å². The summed E-state index contributed by atoms with van der Waals surface area (Å²) in [5.41, 5.74) is 2.91. The predicted molar refractivity (Wildman–Crippen MR) is 217 cm³/mol. The largest absolute Gasteiger partial charge is 0.462 e. The molecule has 312 valence electrons. The Hall–Kier alpha value is -5.49. The summed E-state index contributed by atoms with van der Waals surface area (Å²) in [5, 5.41) is 14.2. The Morgan fingerprint density at radius 2 is 1.29 bits per heavy atom. The average Bonchev–Trinajstić information content (AvgIpc) is 3.70. The van der Waals surface area contributed by atoms with Crippen molar-refractivity contribution in [2.24, 2.45) is 10.3 Å². The van der Waals surface area contributed by atoms with E-state index in [0.717, 1.165) is 63.1 Å². The number of hydrogen-bond acceptors (Lipinski definition) is 8. The van der Waals surface area contributed by atoms with E-state index in [1.807, 2.05) is 36.4 Å². The van der Waals surface area contributed by atoms with Crippen molar-refractivity contribution < 1.29 is 46.7 Å². The van der Waals surface area contributed by atoms with E-state index >= 15 is 0 Å². The standard InChI is InChI=1S/C23H23F2NO3.C16H20O2.C7H4ClF2NO/c24-16-10-11-19(20(25)12-16)21-13-17(29-26-21)14-23(27)28-22-9-5-4-8-18(22)15-6-2-1-3-7-15;1-2-8-16(17)18-15-12-7-6-11-14(15)13-9-4-3-5-10-13;8-7(11-12)5-2-1-4(9)3-6(5)10/h1-3,6-7,10-12,17-18,22H,4-5,8-9,13-14H2;2-5,9-10,14-15H,1,6-8,11-12H2;1-3,12H/b;;11-7-/t17-,18+,22-;14-,15+;/m10./s1. The minimum Gasteiger partial charge on any atom is -0.462 e. The number of carbonyl (C=O) groups excluding carboxylic acids is 2. The van der Waals surface area contributed by atoms with Crippen LogP contribution >= 0.6 is 11.6 Å². The van der Waals surface area contributed by atoms with Crippen molar-refractivity contribution in [2.75, 3.05) is 0 Å². The van der Waals surface area contributed by atoms with Crippen LogP contribution in [0.1, 0.15) is 105 Å². The minimum atomic E-state index is -0.863. The fourth-order valence-corrected chi connectivity index (χ4v) is 7.66. The number of benzene rings is 4. The van der Waals surface area contributed by atoms with Crippen LogP contribution in [0.2, 0.25) is 0 Å². The first-order valence-electron chi connectivity index (χ1n) is 19.7. The third kappa shape index (κ3) is 13.3. The lowest BCUT2D eigenvalue weighted by Crippen LogP contribution is -2.30. The molecule has 0 spiro atoms. The highest BCUT2D eigenvalue weighted by Gasteiger charge is 2.33. The number of halogens is 5. The molecular formula is C46H47ClF4N2O6. The van der Waals surface area contributed by atoms with Gasteiger partial charge >= 0.3 is 11.9 Å². The molecule has 0 aromatic heterocycles. The summed E-state index contributed by atoms with van der Waals surface area (Å²) < 4.78 is 63.5. The lowest BCUT2D eigenvalue weighted by molar-refractivity contribution is -0.154. The van der Waals surface area contributed by atoms with Crippen LogP contribution in [0.25, 0.3) is 0 Å². The van der Waals surface area contributed by atoms with E-state index in [9.17, 15) is 27.2 Å². The monoisotopic (exact) mass is 834 g/mol. The summed E-state index contributed by atoms with van der Waals surface area (Å²) >= 11 is 5.29. The molecule has 4 aromatic carbocycles. The number of rotatable bonds is 10. The summed E-state index contributed by atoms with van der Waals surface area (Å²) in [5.74, 6) is -2.84. The van der Waals surface area contributed by atoms with E-state index in [-0.39, 0.29) is 54.0 Å². The molecule has 3 aliphatic rings. The summed E-state index contributed by atoms with van der Waals surface area (Å²) in [7, 11) is 0. The van der Waals surface area contributed by atoms with Gasteiger partial charge < -0.3 is 19.5 Å². The Balaban J connectivity index is 0.000000187. The predicted octanol–water partition coefficient (Wildman–Crippen LogP) is 11.3. The van der Waals surface area contributed by atoms with Crippen molar-refractivity contribution in [3.8, 4) is 0 Å². The summed E-state index contributed by atoms with van der Waals surface area (Å²) in [4.78, 5) is 29.4. The molecule has 1 heterocycles. The Morgan fingerprint density at radius 1 is 0.763 bits per heavy atom. The van der Waals surface area contributed by atoms with Crippen LogP contribution in [0.4, 0.5) is 17.6 Å². The SMILES string of the molecule is C=CCC(=O)O[C@@H]1CCCC[C@H]1c1ccccc1.O/N=C(\Cl)c1ccc(F)cc1F.O=C(C[C@H]1CC(c2ccc(F)cc2F)=NO1)O[C@@H]1CCCC[C@H]1c1ccccc1. The second kappa shape index (κ2) is 22.6. The van der Waals surface area contributed by atoms with Crippen molar-refractivity contribution in [1.29, 1.82) is 0 Å². The number of oxime groups is 2. The lowest BCUT2D eigenvalue weighted by atomic mass is 9.81. The molecule has 0 amide bonds. The Kier molecular flexibility index (Phi) is 17.1. The summed E-state index contributed by atoms with van der Waals surface area (Å²) in [6.07, 6.45) is 10.1. The molecule has 4 aromatic rings. The van der Waals surface area contributed by atoms with Crippen LogP contribution in [-0.2, 0) is 23.9 Å². The fourth-order valence-electron chi connectivity index (χ4n) is 7.51. The molecule has 0 unspecified atom stereocenters. The molecule has 2 aliphatic carbocycles. The topological polar surface area (TPSA) is 107 Å². The van der Waals surface area contributed by atoms with Crippen molar-refractivity contribution in [3.05, 3.63) is 155 Å². The average molecular weight is 835 g/mol. The molecule has 1 N–H and O–H groups in total. The second-order valence-corrected chi connectivity index (χ2v) is 14.8. The van der Waals surface area contributed by atoms with E-state index < -0.39 is 34.5 Å². The second-order valence-electron chi connectivity index (χ2n) is 14.5. The molecule has 0 saturated heterocycles. The van der Waals surface area contributed by atoms with E-state index in [4.69, 9.17) is 31.1 Å². The molecule has 7 rings (SSSR count). The molecular weight excluding hydrogens is 788 g/mol. The van der Waals surface area contributed by atoms with Crippen LogP contribution in [0, 0.1) is 23.3 Å². The maximum absolute atomic E-state index is 13.9. The van der Waals surface area contributed by atoms with Gasteiger partial charge in [0.05, 0.1) is 24.1 Å². The van der Waals surface area contributed by atoms with E-state index in [1.54, 1.807) is 6.08 Å².